The molecule has 0 aliphatic heterocycles. The molecule has 1 aromatic rings. The van der Waals surface area contributed by atoms with Gasteiger partial charge in [-0.3, -0.25) is 0 Å². The normalized spacial score (nSPS) is 14.4. The summed E-state index contributed by atoms with van der Waals surface area (Å²) in [6.07, 6.45) is 0.162. The highest BCUT2D eigenvalue weighted by Gasteiger charge is 2.47. The average Bonchev–Trinajstić information content (AvgIpc) is 2.39. The molecular weight excluding hydrogens is 352 g/mol. The van der Waals surface area contributed by atoms with E-state index < -0.39 is 8.32 Å². The molecule has 22 heavy (non-hydrogen) atoms. The predicted octanol–water partition coefficient (Wildman–Crippen LogP) is 7.34. The number of benzene rings is 1. The molecule has 1 atom stereocenters. The Kier molecular flexibility index (Phi) is 7.35. The van der Waals surface area contributed by atoms with E-state index >= 15 is 0 Å². The molecule has 1 aromatic carbocycles. The Hall–Kier alpha value is -0.123. The summed E-state index contributed by atoms with van der Waals surface area (Å²) in [6.45, 7) is 18.6. The molecule has 0 bridgehead atoms. The highest BCUT2D eigenvalue weighted by atomic mass is 79.9. The lowest BCUT2D eigenvalue weighted by Gasteiger charge is -2.45. The van der Waals surface area contributed by atoms with Gasteiger partial charge in [-0.15, -0.1) is 0 Å². The lowest BCUT2D eigenvalue weighted by molar-refractivity contribution is 0.128. The lowest BCUT2D eigenvalue weighted by atomic mass is 9.99. The molecule has 0 heterocycles. The van der Waals surface area contributed by atoms with Crippen LogP contribution >= 0.6 is 15.9 Å². The summed E-state index contributed by atoms with van der Waals surface area (Å²) in [6, 6.07) is 8.51. The molecule has 0 fully saturated rings. The number of halogens is 1. The van der Waals surface area contributed by atoms with Gasteiger partial charge in [0.1, 0.15) is 0 Å². The zero-order chi connectivity index (χ0) is 17.1. The van der Waals surface area contributed by atoms with E-state index in [-0.39, 0.29) is 6.10 Å². The monoisotopic (exact) mass is 384 g/mol. The molecule has 0 aromatic heterocycles. The van der Waals surface area contributed by atoms with Gasteiger partial charge in [0, 0.05) is 4.47 Å². The van der Waals surface area contributed by atoms with Crippen LogP contribution in [0.2, 0.25) is 16.6 Å². The van der Waals surface area contributed by atoms with E-state index in [1.807, 2.05) is 0 Å². The molecular formula is C19H33BrOSi. The van der Waals surface area contributed by atoms with Crippen molar-refractivity contribution >= 4 is 24.2 Å². The van der Waals surface area contributed by atoms with Crippen LogP contribution in [0.5, 0.6) is 0 Å². The van der Waals surface area contributed by atoms with Crippen LogP contribution in [0.4, 0.5) is 0 Å². The fourth-order valence-corrected chi connectivity index (χ4v) is 10.1. The smallest absolute Gasteiger partial charge is 0.201 e. The summed E-state index contributed by atoms with van der Waals surface area (Å²) in [5.41, 5.74) is 3.11. The topological polar surface area (TPSA) is 9.23 Å². The van der Waals surface area contributed by atoms with Gasteiger partial charge in [-0.1, -0.05) is 89.5 Å². The zero-order valence-corrected chi connectivity index (χ0v) is 18.1. The predicted molar refractivity (Wildman–Crippen MR) is 104 cm³/mol. The third-order valence-electron chi connectivity index (χ3n) is 4.86. The summed E-state index contributed by atoms with van der Waals surface area (Å²) >= 11 is 3.72. The Bertz CT molecular complexity index is 446. The maximum Gasteiger partial charge on any atom is 0.201 e. The van der Waals surface area contributed by atoms with E-state index in [0.29, 0.717) is 22.5 Å². The number of hydrogen-bond acceptors (Lipinski definition) is 1. The first kappa shape index (κ1) is 19.9. The van der Waals surface area contributed by atoms with Crippen LogP contribution in [0.3, 0.4) is 0 Å². The number of rotatable bonds is 7. The van der Waals surface area contributed by atoms with Crippen molar-refractivity contribution in [2.75, 3.05) is 0 Å². The van der Waals surface area contributed by atoms with Crippen molar-refractivity contribution in [2.45, 2.75) is 78.1 Å². The van der Waals surface area contributed by atoms with Crippen LogP contribution in [0.25, 0.3) is 0 Å². The molecule has 1 nitrogen and oxygen atoms in total. The fourth-order valence-electron chi connectivity index (χ4n) is 3.89. The van der Waals surface area contributed by atoms with Crippen molar-refractivity contribution < 1.29 is 4.43 Å². The van der Waals surface area contributed by atoms with Crippen molar-refractivity contribution in [3.05, 3.63) is 34.3 Å². The van der Waals surface area contributed by atoms with Crippen LogP contribution in [0.1, 0.15) is 67.1 Å². The van der Waals surface area contributed by atoms with E-state index in [2.05, 4.69) is 95.6 Å². The first-order valence-electron chi connectivity index (χ1n) is 8.56. The van der Waals surface area contributed by atoms with Crippen molar-refractivity contribution in [3.8, 4) is 0 Å². The second-order valence-electron chi connectivity index (χ2n) is 7.62. The van der Waals surface area contributed by atoms with Crippen molar-refractivity contribution in [1.82, 2.24) is 0 Å². The van der Waals surface area contributed by atoms with Crippen LogP contribution in [-0.2, 0) is 4.43 Å². The lowest BCUT2D eigenvalue weighted by Crippen LogP contribution is -2.49. The Labute approximate surface area is 147 Å². The largest absolute Gasteiger partial charge is 0.409 e. The minimum atomic E-state index is -1.88. The van der Waals surface area contributed by atoms with Gasteiger partial charge in [-0.25, -0.2) is 0 Å². The first-order valence-corrected chi connectivity index (χ1v) is 11.5. The SMILES string of the molecule is CC(C)[C@H](O[Si](C(C)C)(C(C)C)C(C)C)c1ccccc1Br. The molecule has 0 saturated heterocycles. The van der Waals surface area contributed by atoms with Gasteiger partial charge in [-0.05, 0) is 34.2 Å². The second-order valence-corrected chi connectivity index (χ2v) is 13.9. The van der Waals surface area contributed by atoms with Gasteiger partial charge in [0.05, 0.1) is 6.10 Å². The standard InChI is InChI=1S/C19H33BrOSi/c1-13(2)19(17-11-9-10-12-18(17)20)21-22(14(3)4,15(5)6)16(7)8/h9-16,19H,1-8H3/t19-/m0/s1. The average molecular weight is 385 g/mol. The van der Waals surface area contributed by atoms with Crippen molar-refractivity contribution in [1.29, 1.82) is 0 Å². The van der Waals surface area contributed by atoms with Crippen molar-refractivity contribution in [2.24, 2.45) is 5.92 Å². The minimum absolute atomic E-state index is 0.162. The Morgan fingerprint density at radius 2 is 1.27 bits per heavy atom. The van der Waals surface area contributed by atoms with Crippen LogP contribution < -0.4 is 0 Å². The van der Waals surface area contributed by atoms with E-state index in [0.717, 1.165) is 4.47 Å². The highest BCUT2D eigenvalue weighted by molar-refractivity contribution is 9.10. The van der Waals surface area contributed by atoms with Crippen LogP contribution in [0.15, 0.2) is 28.7 Å². The molecule has 0 saturated carbocycles. The molecule has 0 aliphatic rings. The van der Waals surface area contributed by atoms with Gasteiger partial charge < -0.3 is 4.43 Å². The van der Waals surface area contributed by atoms with Crippen molar-refractivity contribution in [3.63, 3.8) is 0 Å². The minimum Gasteiger partial charge on any atom is -0.409 e. The number of hydrogen-bond donors (Lipinski definition) is 0. The maximum absolute atomic E-state index is 7.06. The molecule has 0 radical (unpaired) electrons. The Morgan fingerprint density at radius 3 is 1.64 bits per heavy atom. The first-order chi connectivity index (χ1) is 10.1. The van der Waals surface area contributed by atoms with Gasteiger partial charge in [0.15, 0.2) is 0 Å². The molecule has 3 heteroatoms. The summed E-state index contributed by atoms with van der Waals surface area (Å²) in [7, 11) is -1.88. The van der Waals surface area contributed by atoms with E-state index in [9.17, 15) is 0 Å². The zero-order valence-electron chi connectivity index (χ0n) is 15.5. The molecule has 0 aliphatic carbocycles. The summed E-state index contributed by atoms with van der Waals surface area (Å²) in [5, 5.41) is 0. The molecule has 0 spiro atoms. The van der Waals surface area contributed by atoms with Gasteiger partial charge in [0.25, 0.3) is 0 Å². The Balaban J connectivity index is 3.30. The molecule has 1 rings (SSSR count). The van der Waals surface area contributed by atoms with Gasteiger partial charge >= 0.3 is 0 Å². The van der Waals surface area contributed by atoms with E-state index in [1.165, 1.54) is 5.56 Å². The van der Waals surface area contributed by atoms with Crippen LogP contribution in [0, 0.1) is 5.92 Å². The molecule has 0 N–H and O–H groups in total. The quantitative estimate of drug-likeness (QED) is 0.446. The molecule has 126 valence electrons. The maximum atomic E-state index is 7.06. The summed E-state index contributed by atoms with van der Waals surface area (Å²) in [4.78, 5) is 0. The van der Waals surface area contributed by atoms with Crippen LogP contribution in [-0.4, -0.2) is 8.32 Å². The molecule has 0 unspecified atom stereocenters. The summed E-state index contributed by atoms with van der Waals surface area (Å²) in [5.74, 6) is 0.460. The second kappa shape index (κ2) is 8.12. The third kappa shape index (κ3) is 4.04. The molecule has 0 amide bonds. The van der Waals surface area contributed by atoms with Gasteiger partial charge in [-0.2, -0.15) is 0 Å². The van der Waals surface area contributed by atoms with E-state index in [4.69, 9.17) is 4.43 Å². The van der Waals surface area contributed by atoms with Gasteiger partial charge in [0.2, 0.25) is 8.32 Å². The highest BCUT2D eigenvalue weighted by Crippen LogP contribution is 2.47. The van der Waals surface area contributed by atoms with E-state index in [1.54, 1.807) is 0 Å². The fraction of sp³-hybridized carbons (Fsp3) is 0.684. The Morgan fingerprint density at radius 1 is 0.818 bits per heavy atom. The third-order valence-corrected chi connectivity index (χ3v) is 11.7. The summed E-state index contributed by atoms with van der Waals surface area (Å²) < 4.78 is 8.22.